The van der Waals surface area contributed by atoms with Gasteiger partial charge in [-0.2, -0.15) is 0 Å². The molecule has 4 atom stereocenters. The summed E-state index contributed by atoms with van der Waals surface area (Å²) in [6.45, 7) is 5.05. The first-order chi connectivity index (χ1) is 19.9. The number of allylic oxidation sites excluding steroid dienone is 2. The first kappa shape index (κ1) is 32.4. The summed E-state index contributed by atoms with van der Waals surface area (Å²) in [7, 11) is 8.58. The number of aromatic nitrogens is 2. The number of methoxy groups -OCH3 is 1. The third-order valence-electron chi connectivity index (χ3n) is 6.71. The average Bonchev–Trinajstić information content (AvgIpc) is 2.91. The van der Waals surface area contributed by atoms with Crippen molar-refractivity contribution in [3.8, 4) is 17.0 Å². The number of phenols is 1. The van der Waals surface area contributed by atoms with Gasteiger partial charge in [0.2, 0.25) is 5.47 Å². The van der Waals surface area contributed by atoms with Crippen LogP contribution in [0.2, 0.25) is 0 Å². The van der Waals surface area contributed by atoms with Gasteiger partial charge >= 0.3 is 11.9 Å². The molecule has 1 saturated heterocycles. The topological polar surface area (TPSA) is 222 Å². The van der Waals surface area contributed by atoms with Gasteiger partial charge in [0.1, 0.15) is 35.5 Å². The average molecular weight is 616 g/mol. The molecular weight excluding hydrogens is 589 g/mol. The van der Waals surface area contributed by atoms with Gasteiger partial charge in [-0.3, -0.25) is 9.73 Å². The van der Waals surface area contributed by atoms with Crippen LogP contribution in [0.25, 0.3) is 22.2 Å². The molecule has 2 radical (unpaired) electrons. The molecule has 2 heterocycles. The van der Waals surface area contributed by atoms with E-state index in [-0.39, 0.29) is 49.8 Å². The molecule has 4 unspecified atom stereocenters. The van der Waals surface area contributed by atoms with Gasteiger partial charge in [0.25, 0.3) is 0 Å². The van der Waals surface area contributed by atoms with Gasteiger partial charge in [-0.05, 0) is 31.2 Å². The summed E-state index contributed by atoms with van der Waals surface area (Å²) in [5.41, 5.74) is -7.14. The normalized spacial score (nSPS) is 24.6. The number of benzene rings is 2. The summed E-state index contributed by atoms with van der Waals surface area (Å²) >= 11 is 0. The van der Waals surface area contributed by atoms with Crippen molar-refractivity contribution in [2.75, 3.05) is 12.0 Å². The molecule has 1 aliphatic heterocycles. The van der Waals surface area contributed by atoms with Gasteiger partial charge in [-0.25, -0.2) is 14.4 Å². The third-order valence-corrected chi connectivity index (χ3v) is 7.35. The molecule has 14 nitrogen and oxygen atoms in total. The Labute approximate surface area is 246 Å². The van der Waals surface area contributed by atoms with Crippen LogP contribution in [-0.2, 0) is 9.47 Å². The predicted octanol–water partition coefficient (Wildman–Crippen LogP) is -0.241. The van der Waals surface area contributed by atoms with E-state index in [0.717, 1.165) is 30.6 Å². The standard InChI is InChI=1S/C26H27BFN4O10P/c1-4-7-29-20(12(2)41-3)22(34)16-9-15(17(28)10-19(16)33)21-14-6-5-13(8-18(14)30-11-31-21)32-23(27,35)25(37,38)42-26(39,40)24(32,36)43/h4-11,22,33-40H,1,43H2,2-3H3/b20-12+,29-7?. The highest BCUT2D eigenvalue weighted by Gasteiger charge is 2.70. The van der Waals surface area contributed by atoms with Crippen LogP contribution in [0, 0.1) is 5.82 Å². The maximum absolute atomic E-state index is 15.3. The summed E-state index contributed by atoms with van der Waals surface area (Å²) in [6, 6.07) is 5.47. The van der Waals surface area contributed by atoms with Crippen LogP contribution in [0.3, 0.4) is 0 Å². The number of ether oxygens (including phenoxy) is 2. The highest BCUT2D eigenvalue weighted by molar-refractivity contribution is 7.19. The minimum Gasteiger partial charge on any atom is -0.507 e. The Kier molecular flexibility index (Phi) is 8.41. The van der Waals surface area contributed by atoms with Crippen molar-refractivity contribution in [3.05, 3.63) is 72.2 Å². The summed E-state index contributed by atoms with van der Waals surface area (Å²) < 4.78 is 24.7. The zero-order valence-electron chi connectivity index (χ0n) is 22.6. The Hall–Kier alpha value is -3.57. The van der Waals surface area contributed by atoms with Gasteiger partial charge in [0.05, 0.1) is 18.3 Å². The fourth-order valence-electron chi connectivity index (χ4n) is 4.41. The molecule has 2 aromatic carbocycles. The fourth-order valence-corrected chi connectivity index (χ4v) is 4.82. The van der Waals surface area contributed by atoms with Crippen molar-refractivity contribution in [2.24, 2.45) is 4.99 Å². The molecule has 4 rings (SSSR count). The van der Waals surface area contributed by atoms with E-state index in [2.05, 4.69) is 26.3 Å². The first-order valence-electron chi connectivity index (χ1n) is 12.2. The minimum atomic E-state index is -3.82. The van der Waals surface area contributed by atoms with Crippen LogP contribution >= 0.6 is 9.24 Å². The molecule has 0 saturated carbocycles. The number of morpholine rings is 1. The quantitative estimate of drug-likeness (QED) is 0.0565. The second-order valence-electron chi connectivity index (χ2n) is 9.48. The fraction of sp³-hybridized carbons (Fsp3) is 0.269. The van der Waals surface area contributed by atoms with Crippen LogP contribution in [0.4, 0.5) is 10.1 Å². The van der Waals surface area contributed by atoms with Crippen molar-refractivity contribution < 1.29 is 54.7 Å². The number of aliphatic hydroxyl groups is 7. The summed E-state index contributed by atoms with van der Waals surface area (Å²) in [5.74, 6) is -8.83. The predicted molar refractivity (Wildman–Crippen MR) is 153 cm³/mol. The van der Waals surface area contributed by atoms with Gasteiger partial charge in [-0.15, -0.1) is 0 Å². The third kappa shape index (κ3) is 5.37. The van der Waals surface area contributed by atoms with Crippen molar-refractivity contribution in [1.29, 1.82) is 0 Å². The van der Waals surface area contributed by atoms with E-state index in [9.17, 15) is 40.9 Å². The molecule has 1 aliphatic rings. The van der Waals surface area contributed by atoms with Gasteiger partial charge in [0, 0.05) is 34.5 Å². The lowest BCUT2D eigenvalue weighted by Crippen LogP contribution is -2.83. The van der Waals surface area contributed by atoms with Crippen molar-refractivity contribution in [2.45, 2.75) is 36.1 Å². The number of aliphatic hydroxyl groups excluding tert-OH is 1. The number of nitrogens with zero attached hydrogens (tertiary/aromatic N) is 4. The molecule has 43 heavy (non-hydrogen) atoms. The number of aliphatic imine (C=N–C) groups is 1. The number of hydrogen-bond donors (Lipinski definition) is 8. The summed E-state index contributed by atoms with van der Waals surface area (Å²) in [4.78, 5) is 12.6. The van der Waals surface area contributed by atoms with Gasteiger partial charge in [0.15, 0.2) is 13.5 Å². The van der Waals surface area contributed by atoms with E-state index in [1.165, 1.54) is 32.4 Å². The van der Waals surface area contributed by atoms with Gasteiger partial charge in [-0.1, -0.05) is 21.9 Å². The molecular formula is C26H27BFN4O10P. The van der Waals surface area contributed by atoms with E-state index in [1.54, 1.807) is 9.24 Å². The number of anilines is 1. The number of hydrogen-bond acceptors (Lipinski definition) is 14. The van der Waals surface area contributed by atoms with Crippen molar-refractivity contribution >= 4 is 39.9 Å². The first-order valence-corrected chi connectivity index (χ1v) is 12.8. The SMILES string of the molecule is [B]C1(O)N(c2ccc3c(-c4cc(C(O)/C(N=CC=C)=C(/C)OC)c(O)cc4F)ncnc3c2)C(O)(P)C(O)(O)OC1(O)O. The van der Waals surface area contributed by atoms with Crippen LogP contribution < -0.4 is 4.90 Å². The maximum Gasteiger partial charge on any atom is 0.337 e. The van der Waals surface area contributed by atoms with E-state index in [0.29, 0.717) is 0 Å². The van der Waals surface area contributed by atoms with E-state index in [4.69, 9.17) is 12.6 Å². The lowest BCUT2D eigenvalue weighted by Gasteiger charge is -2.59. The highest BCUT2D eigenvalue weighted by Crippen LogP contribution is 2.49. The monoisotopic (exact) mass is 616 g/mol. The molecule has 0 amide bonds. The number of phenolic OH excluding ortho intramolecular Hbond substituents is 1. The number of aromatic hydroxyl groups is 1. The Balaban J connectivity index is 1.88. The van der Waals surface area contributed by atoms with Gasteiger partial charge < -0.3 is 50.5 Å². The molecule has 3 aromatic rings. The Morgan fingerprint density at radius 1 is 1.16 bits per heavy atom. The molecule has 17 heteroatoms. The van der Waals surface area contributed by atoms with Crippen LogP contribution in [0.1, 0.15) is 18.6 Å². The second kappa shape index (κ2) is 11.2. The zero-order valence-corrected chi connectivity index (χ0v) is 23.8. The molecule has 0 aliphatic carbocycles. The van der Waals surface area contributed by atoms with E-state index < -0.39 is 40.7 Å². The summed E-state index contributed by atoms with van der Waals surface area (Å²) in [5, 5.41) is 83.8. The molecule has 226 valence electrons. The molecule has 1 fully saturated rings. The molecule has 0 bridgehead atoms. The van der Waals surface area contributed by atoms with Crippen molar-refractivity contribution in [3.63, 3.8) is 0 Å². The number of fused-ring (bicyclic) bond motifs is 1. The molecule has 0 spiro atoms. The highest BCUT2D eigenvalue weighted by atomic mass is 31.0. The van der Waals surface area contributed by atoms with Crippen molar-refractivity contribution in [1.82, 2.24) is 9.97 Å². The molecule has 1 aromatic heterocycles. The Morgan fingerprint density at radius 3 is 2.47 bits per heavy atom. The zero-order chi connectivity index (χ0) is 32.1. The number of rotatable bonds is 7. The Bertz CT molecular complexity index is 1620. The van der Waals surface area contributed by atoms with Crippen LogP contribution in [0.15, 0.2) is 65.8 Å². The second-order valence-corrected chi connectivity index (χ2v) is 10.3. The Morgan fingerprint density at radius 2 is 1.84 bits per heavy atom. The summed E-state index contributed by atoms with van der Waals surface area (Å²) in [6.07, 6.45) is 2.10. The largest absolute Gasteiger partial charge is 0.507 e. The number of halogens is 1. The van der Waals surface area contributed by atoms with E-state index in [1.807, 2.05) is 0 Å². The smallest absolute Gasteiger partial charge is 0.337 e. The van der Waals surface area contributed by atoms with E-state index >= 15 is 4.39 Å². The maximum atomic E-state index is 15.3. The lowest BCUT2D eigenvalue weighted by molar-refractivity contribution is -0.537. The molecule has 8 N–H and O–H groups in total. The van der Waals surface area contributed by atoms with Crippen LogP contribution in [-0.4, -0.2) is 95.0 Å². The van der Waals surface area contributed by atoms with Crippen LogP contribution in [0.5, 0.6) is 5.75 Å². The lowest BCUT2D eigenvalue weighted by atomic mass is 9.83. The minimum absolute atomic E-state index is 0.00448.